The van der Waals surface area contributed by atoms with E-state index in [1.807, 2.05) is 25.1 Å². The monoisotopic (exact) mass is 272 g/mol. The van der Waals surface area contributed by atoms with Gasteiger partial charge in [-0.25, -0.2) is 0 Å². The summed E-state index contributed by atoms with van der Waals surface area (Å²) in [5.41, 5.74) is 7.36. The molecule has 0 saturated heterocycles. The van der Waals surface area contributed by atoms with Gasteiger partial charge in [0, 0.05) is 6.54 Å². The fourth-order valence-electron chi connectivity index (χ4n) is 2.34. The van der Waals surface area contributed by atoms with Gasteiger partial charge in [-0.2, -0.15) is 0 Å². The predicted octanol–water partition coefficient (Wildman–Crippen LogP) is 2.17. The Balaban J connectivity index is 2.00. The summed E-state index contributed by atoms with van der Waals surface area (Å²) in [4.78, 5) is 14.2. The van der Waals surface area contributed by atoms with E-state index in [1.165, 1.54) is 6.26 Å². The molecule has 0 saturated carbocycles. The molecular formula is C15H16N2O3. The topological polar surface area (TPSA) is 68.7 Å². The third-order valence-corrected chi connectivity index (χ3v) is 3.30. The van der Waals surface area contributed by atoms with Gasteiger partial charge in [0.15, 0.2) is 5.76 Å². The lowest BCUT2D eigenvalue weighted by molar-refractivity contribution is 0.0934. The minimum Gasteiger partial charge on any atom is -0.487 e. The van der Waals surface area contributed by atoms with Crippen LogP contribution in [-0.2, 0) is 6.54 Å². The number of carbonyl (C=O) groups excluding carboxylic acids is 1. The fourth-order valence-corrected chi connectivity index (χ4v) is 2.34. The Hall–Kier alpha value is -2.27. The molecule has 5 heteroatoms. The van der Waals surface area contributed by atoms with Crippen molar-refractivity contribution in [3.05, 3.63) is 47.9 Å². The van der Waals surface area contributed by atoms with E-state index in [0.717, 1.165) is 11.3 Å². The van der Waals surface area contributed by atoms with Gasteiger partial charge in [-0.3, -0.25) is 9.69 Å². The number of ether oxygens (including phenoxy) is 1. The van der Waals surface area contributed by atoms with Gasteiger partial charge in [-0.05, 0) is 36.8 Å². The molecule has 1 atom stereocenters. The van der Waals surface area contributed by atoms with E-state index < -0.39 is 0 Å². The van der Waals surface area contributed by atoms with Gasteiger partial charge in [0.2, 0.25) is 0 Å². The Morgan fingerprint density at radius 3 is 3.00 bits per heavy atom. The van der Waals surface area contributed by atoms with E-state index in [9.17, 15) is 4.79 Å². The highest BCUT2D eigenvalue weighted by Crippen LogP contribution is 2.35. The number of anilines is 1. The van der Waals surface area contributed by atoms with E-state index in [-0.39, 0.29) is 12.0 Å². The summed E-state index contributed by atoms with van der Waals surface area (Å²) in [7, 11) is 0. The Labute approximate surface area is 116 Å². The van der Waals surface area contributed by atoms with Crippen LogP contribution in [0.4, 0.5) is 5.69 Å². The molecule has 0 bridgehead atoms. The molecule has 1 aromatic carbocycles. The average Bonchev–Trinajstić information content (AvgIpc) is 2.99. The van der Waals surface area contributed by atoms with Crippen LogP contribution < -0.4 is 15.4 Å². The lowest BCUT2D eigenvalue weighted by atomic mass is 10.1. The predicted molar refractivity (Wildman–Crippen MR) is 74.8 cm³/mol. The molecule has 5 nitrogen and oxygen atoms in total. The average molecular weight is 272 g/mol. The smallest absolute Gasteiger partial charge is 0.294 e. The van der Waals surface area contributed by atoms with E-state index in [2.05, 4.69) is 0 Å². The molecule has 1 aromatic heterocycles. The molecule has 2 aromatic rings. The molecule has 2 N–H and O–H groups in total. The normalized spacial score (nSPS) is 17.5. The van der Waals surface area contributed by atoms with Crippen molar-refractivity contribution < 1.29 is 13.9 Å². The third-order valence-electron chi connectivity index (χ3n) is 3.30. The Morgan fingerprint density at radius 1 is 1.45 bits per heavy atom. The first-order valence-electron chi connectivity index (χ1n) is 6.54. The van der Waals surface area contributed by atoms with Gasteiger partial charge in [-0.15, -0.1) is 0 Å². The van der Waals surface area contributed by atoms with Crippen molar-refractivity contribution in [1.29, 1.82) is 0 Å². The number of amides is 1. The van der Waals surface area contributed by atoms with Gasteiger partial charge in [-0.1, -0.05) is 6.07 Å². The van der Waals surface area contributed by atoms with E-state index in [4.69, 9.17) is 14.9 Å². The second-order valence-electron chi connectivity index (χ2n) is 4.83. The number of furan rings is 1. The summed E-state index contributed by atoms with van der Waals surface area (Å²) >= 11 is 0. The SMILES string of the molecule is CC1CN(C(=O)c2ccco2)c2ccc(CN)cc2O1. The molecule has 0 aliphatic carbocycles. The van der Waals surface area contributed by atoms with Crippen LogP contribution in [0.25, 0.3) is 0 Å². The Bertz CT molecular complexity index is 622. The number of nitrogens with zero attached hydrogens (tertiary/aromatic N) is 1. The summed E-state index contributed by atoms with van der Waals surface area (Å²) in [5.74, 6) is 0.853. The Kier molecular flexibility index (Phi) is 3.20. The van der Waals surface area contributed by atoms with Crippen molar-refractivity contribution in [3.63, 3.8) is 0 Å². The number of carbonyl (C=O) groups is 1. The van der Waals surface area contributed by atoms with E-state index >= 15 is 0 Å². The lowest BCUT2D eigenvalue weighted by Gasteiger charge is -2.33. The third kappa shape index (κ3) is 2.16. The highest BCUT2D eigenvalue weighted by atomic mass is 16.5. The van der Waals surface area contributed by atoms with Crippen molar-refractivity contribution in [2.24, 2.45) is 5.73 Å². The van der Waals surface area contributed by atoms with Crippen LogP contribution in [0.2, 0.25) is 0 Å². The van der Waals surface area contributed by atoms with Crippen LogP contribution >= 0.6 is 0 Å². The minimum absolute atomic E-state index is 0.0746. The van der Waals surface area contributed by atoms with Crippen LogP contribution in [0.15, 0.2) is 41.0 Å². The quantitative estimate of drug-likeness (QED) is 0.909. The first kappa shape index (κ1) is 12.7. The molecule has 0 fully saturated rings. The Morgan fingerprint density at radius 2 is 2.30 bits per heavy atom. The molecule has 2 heterocycles. The molecule has 1 aliphatic rings. The van der Waals surface area contributed by atoms with Gasteiger partial charge < -0.3 is 14.9 Å². The van der Waals surface area contributed by atoms with Crippen molar-refractivity contribution in [1.82, 2.24) is 0 Å². The van der Waals surface area contributed by atoms with Gasteiger partial charge in [0.1, 0.15) is 11.9 Å². The molecule has 104 valence electrons. The molecule has 3 rings (SSSR count). The van der Waals surface area contributed by atoms with Crippen LogP contribution in [-0.4, -0.2) is 18.6 Å². The van der Waals surface area contributed by atoms with Crippen molar-refractivity contribution in [3.8, 4) is 5.75 Å². The first-order valence-corrected chi connectivity index (χ1v) is 6.54. The van der Waals surface area contributed by atoms with Crippen LogP contribution in [0.5, 0.6) is 5.75 Å². The maximum Gasteiger partial charge on any atom is 0.294 e. The number of fused-ring (bicyclic) bond motifs is 1. The number of benzene rings is 1. The summed E-state index contributed by atoms with van der Waals surface area (Å²) < 4.78 is 11.0. The van der Waals surface area contributed by atoms with Crippen LogP contribution in [0.1, 0.15) is 23.0 Å². The zero-order chi connectivity index (χ0) is 14.1. The van der Waals surface area contributed by atoms with Crippen molar-refractivity contribution in [2.75, 3.05) is 11.4 Å². The second kappa shape index (κ2) is 5.02. The zero-order valence-electron chi connectivity index (χ0n) is 11.2. The second-order valence-corrected chi connectivity index (χ2v) is 4.83. The maximum absolute atomic E-state index is 12.5. The van der Waals surface area contributed by atoms with Gasteiger partial charge in [0.05, 0.1) is 18.5 Å². The maximum atomic E-state index is 12.5. The summed E-state index contributed by atoms with van der Waals surface area (Å²) in [6.45, 7) is 2.87. The summed E-state index contributed by atoms with van der Waals surface area (Å²) in [6, 6.07) is 9.02. The number of hydrogen-bond donors (Lipinski definition) is 1. The molecule has 0 radical (unpaired) electrons. The minimum atomic E-state index is -0.160. The zero-order valence-corrected chi connectivity index (χ0v) is 11.2. The van der Waals surface area contributed by atoms with E-state index in [1.54, 1.807) is 17.0 Å². The number of nitrogens with two attached hydrogens (primary N) is 1. The van der Waals surface area contributed by atoms with Crippen LogP contribution in [0, 0.1) is 0 Å². The van der Waals surface area contributed by atoms with Gasteiger partial charge in [0.25, 0.3) is 5.91 Å². The molecule has 1 amide bonds. The molecule has 20 heavy (non-hydrogen) atoms. The van der Waals surface area contributed by atoms with Crippen molar-refractivity contribution >= 4 is 11.6 Å². The van der Waals surface area contributed by atoms with Crippen molar-refractivity contribution in [2.45, 2.75) is 19.6 Å². The highest BCUT2D eigenvalue weighted by Gasteiger charge is 2.29. The molecular weight excluding hydrogens is 256 g/mol. The summed E-state index contributed by atoms with van der Waals surface area (Å²) in [6.07, 6.45) is 1.42. The summed E-state index contributed by atoms with van der Waals surface area (Å²) in [5, 5.41) is 0. The standard InChI is InChI=1S/C15H16N2O3/c1-10-9-17(15(18)13-3-2-6-19-13)12-5-4-11(8-16)7-14(12)20-10/h2-7,10H,8-9,16H2,1H3. The molecule has 0 spiro atoms. The number of hydrogen-bond acceptors (Lipinski definition) is 4. The number of rotatable bonds is 2. The lowest BCUT2D eigenvalue weighted by Crippen LogP contribution is -2.42. The molecule has 1 aliphatic heterocycles. The first-order chi connectivity index (χ1) is 9.69. The fraction of sp³-hybridized carbons (Fsp3) is 0.267. The highest BCUT2D eigenvalue weighted by molar-refractivity contribution is 6.05. The largest absolute Gasteiger partial charge is 0.487 e. The van der Waals surface area contributed by atoms with Crippen LogP contribution in [0.3, 0.4) is 0 Å². The van der Waals surface area contributed by atoms with Gasteiger partial charge >= 0.3 is 0 Å². The van der Waals surface area contributed by atoms with E-state index in [0.29, 0.717) is 24.6 Å². The molecule has 1 unspecified atom stereocenters.